The Morgan fingerprint density at radius 3 is 2.69 bits per heavy atom. The Kier molecular flexibility index (Phi) is 5.69. The van der Waals surface area contributed by atoms with Crippen LogP contribution in [0.15, 0.2) is 54.7 Å². The summed E-state index contributed by atoms with van der Waals surface area (Å²) in [5.74, 6) is 1.20. The van der Waals surface area contributed by atoms with Crippen LogP contribution in [0.4, 0.5) is 5.69 Å². The number of pyridine rings is 1. The van der Waals surface area contributed by atoms with Gasteiger partial charge < -0.3 is 14.8 Å². The van der Waals surface area contributed by atoms with Crippen LogP contribution in [0.5, 0.6) is 11.5 Å². The van der Waals surface area contributed by atoms with Crippen LogP contribution in [0.1, 0.15) is 18.9 Å². The van der Waals surface area contributed by atoms with Crippen molar-refractivity contribution >= 4 is 22.5 Å². The van der Waals surface area contributed by atoms with Crippen LogP contribution < -0.4 is 14.8 Å². The third kappa shape index (κ3) is 4.11. The summed E-state index contributed by atoms with van der Waals surface area (Å²) < 4.78 is 11.4. The average Bonchev–Trinajstić information content (AvgIpc) is 2.67. The molecule has 26 heavy (non-hydrogen) atoms. The molecule has 5 heteroatoms. The van der Waals surface area contributed by atoms with Gasteiger partial charge in [-0.2, -0.15) is 0 Å². The standard InChI is InChI=1S/C21H22N2O3/c1-3-13-25-19-11-10-17(16-8-6-12-22-21(16)19)23-20(24)14-26-18-9-5-4-7-15(18)2/h4-12H,3,13-14H2,1-2H3,(H,23,24). The van der Waals surface area contributed by atoms with Gasteiger partial charge in [0.15, 0.2) is 6.61 Å². The number of nitrogens with zero attached hydrogens (tertiary/aromatic N) is 1. The second kappa shape index (κ2) is 8.34. The topological polar surface area (TPSA) is 60.5 Å². The molecule has 0 saturated carbocycles. The molecule has 134 valence electrons. The van der Waals surface area contributed by atoms with Crippen molar-refractivity contribution in [3.8, 4) is 11.5 Å². The van der Waals surface area contributed by atoms with Gasteiger partial charge in [-0.15, -0.1) is 0 Å². The molecule has 0 unspecified atom stereocenters. The minimum absolute atomic E-state index is 0.0549. The van der Waals surface area contributed by atoms with E-state index in [1.54, 1.807) is 6.20 Å². The van der Waals surface area contributed by atoms with E-state index in [9.17, 15) is 4.79 Å². The molecular weight excluding hydrogens is 328 g/mol. The monoisotopic (exact) mass is 350 g/mol. The number of carbonyl (C=O) groups is 1. The number of carbonyl (C=O) groups excluding carboxylic acids is 1. The number of nitrogens with one attached hydrogen (secondary N) is 1. The van der Waals surface area contributed by atoms with Gasteiger partial charge in [0.25, 0.3) is 5.91 Å². The number of benzene rings is 2. The molecule has 0 radical (unpaired) electrons. The number of anilines is 1. The fourth-order valence-electron chi connectivity index (χ4n) is 2.63. The normalized spacial score (nSPS) is 10.5. The zero-order valence-corrected chi connectivity index (χ0v) is 15.0. The fraction of sp³-hybridized carbons (Fsp3) is 0.238. The van der Waals surface area contributed by atoms with E-state index in [0.29, 0.717) is 18.0 Å². The van der Waals surface area contributed by atoms with Crippen molar-refractivity contribution in [3.05, 3.63) is 60.3 Å². The molecule has 0 fully saturated rings. The first-order valence-corrected chi connectivity index (χ1v) is 8.68. The molecule has 0 aliphatic carbocycles. The SMILES string of the molecule is CCCOc1ccc(NC(=O)COc2ccccc2C)c2cccnc12. The van der Waals surface area contributed by atoms with Gasteiger partial charge in [-0.1, -0.05) is 25.1 Å². The Labute approximate surface area is 153 Å². The van der Waals surface area contributed by atoms with Gasteiger partial charge in [0.05, 0.1) is 12.3 Å². The van der Waals surface area contributed by atoms with E-state index in [1.807, 2.05) is 55.5 Å². The van der Waals surface area contributed by atoms with Gasteiger partial charge in [0.2, 0.25) is 0 Å². The van der Waals surface area contributed by atoms with E-state index in [-0.39, 0.29) is 12.5 Å². The molecule has 1 amide bonds. The Hall–Kier alpha value is -3.08. The molecule has 1 heterocycles. The second-order valence-corrected chi connectivity index (χ2v) is 5.96. The predicted molar refractivity (Wildman–Crippen MR) is 103 cm³/mol. The Morgan fingerprint density at radius 1 is 1.04 bits per heavy atom. The van der Waals surface area contributed by atoms with Gasteiger partial charge >= 0.3 is 0 Å². The van der Waals surface area contributed by atoms with Gasteiger partial charge in [0.1, 0.15) is 17.0 Å². The maximum absolute atomic E-state index is 12.3. The highest BCUT2D eigenvalue weighted by Crippen LogP contribution is 2.30. The van der Waals surface area contributed by atoms with E-state index in [0.717, 1.165) is 28.6 Å². The van der Waals surface area contributed by atoms with E-state index in [1.165, 1.54) is 0 Å². The number of fused-ring (bicyclic) bond motifs is 1. The Morgan fingerprint density at radius 2 is 1.88 bits per heavy atom. The van der Waals surface area contributed by atoms with Crippen LogP contribution in [0, 0.1) is 6.92 Å². The number of hydrogen-bond donors (Lipinski definition) is 1. The smallest absolute Gasteiger partial charge is 0.262 e. The summed E-state index contributed by atoms with van der Waals surface area (Å²) in [5.41, 5.74) is 2.42. The van der Waals surface area contributed by atoms with Gasteiger partial charge in [-0.25, -0.2) is 0 Å². The van der Waals surface area contributed by atoms with Crippen LogP contribution >= 0.6 is 0 Å². The molecule has 0 atom stereocenters. The molecule has 1 N–H and O–H groups in total. The number of amides is 1. The summed E-state index contributed by atoms with van der Waals surface area (Å²) in [4.78, 5) is 16.7. The number of aromatic nitrogens is 1. The van der Waals surface area contributed by atoms with Crippen LogP contribution in [-0.4, -0.2) is 24.1 Å². The Balaban J connectivity index is 1.74. The number of para-hydroxylation sites is 1. The van der Waals surface area contributed by atoms with Crippen molar-refractivity contribution in [2.45, 2.75) is 20.3 Å². The molecule has 0 aliphatic heterocycles. The number of hydrogen-bond acceptors (Lipinski definition) is 4. The second-order valence-electron chi connectivity index (χ2n) is 5.96. The van der Waals surface area contributed by atoms with Crippen LogP contribution in [0.2, 0.25) is 0 Å². The lowest BCUT2D eigenvalue weighted by molar-refractivity contribution is -0.118. The average molecular weight is 350 g/mol. The lowest BCUT2D eigenvalue weighted by Crippen LogP contribution is -2.20. The molecule has 1 aromatic heterocycles. The number of ether oxygens (including phenoxy) is 2. The van der Waals surface area contributed by atoms with Crippen molar-refractivity contribution < 1.29 is 14.3 Å². The van der Waals surface area contributed by atoms with Crippen molar-refractivity contribution in [3.63, 3.8) is 0 Å². The van der Waals surface area contributed by atoms with Crippen molar-refractivity contribution in [2.75, 3.05) is 18.5 Å². The fourth-order valence-corrected chi connectivity index (χ4v) is 2.63. The molecule has 0 spiro atoms. The zero-order valence-electron chi connectivity index (χ0n) is 15.0. The minimum atomic E-state index is -0.222. The maximum atomic E-state index is 12.3. The summed E-state index contributed by atoms with van der Waals surface area (Å²) in [6, 6.07) is 15.0. The minimum Gasteiger partial charge on any atom is -0.491 e. The van der Waals surface area contributed by atoms with E-state index < -0.39 is 0 Å². The van der Waals surface area contributed by atoms with E-state index >= 15 is 0 Å². The maximum Gasteiger partial charge on any atom is 0.262 e. The molecule has 3 rings (SSSR count). The summed E-state index contributed by atoms with van der Waals surface area (Å²) in [7, 11) is 0. The quantitative estimate of drug-likeness (QED) is 0.688. The van der Waals surface area contributed by atoms with Crippen molar-refractivity contribution in [1.29, 1.82) is 0 Å². The predicted octanol–water partition coefficient (Wildman–Crippen LogP) is 4.35. The molecule has 0 aliphatic rings. The third-order valence-electron chi connectivity index (χ3n) is 3.92. The zero-order chi connectivity index (χ0) is 18.4. The first-order chi connectivity index (χ1) is 12.7. The highest BCUT2D eigenvalue weighted by Gasteiger charge is 2.11. The molecule has 2 aromatic carbocycles. The summed E-state index contributed by atoms with van der Waals surface area (Å²) in [6.07, 6.45) is 2.64. The summed E-state index contributed by atoms with van der Waals surface area (Å²) >= 11 is 0. The Bertz CT molecular complexity index is 909. The van der Waals surface area contributed by atoms with Crippen molar-refractivity contribution in [2.24, 2.45) is 0 Å². The van der Waals surface area contributed by atoms with E-state index in [2.05, 4.69) is 17.2 Å². The van der Waals surface area contributed by atoms with Crippen LogP contribution in [-0.2, 0) is 4.79 Å². The van der Waals surface area contributed by atoms with Crippen molar-refractivity contribution in [1.82, 2.24) is 4.98 Å². The number of rotatable bonds is 7. The van der Waals surface area contributed by atoms with Gasteiger partial charge in [-0.05, 0) is 49.2 Å². The highest BCUT2D eigenvalue weighted by atomic mass is 16.5. The third-order valence-corrected chi connectivity index (χ3v) is 3.92. The molecule has 5 nitrogen and oxygen atoms in total. The number of aryl methyl sites for hydroxylation is 1. The molecule has 0 bridgehead atoms. The molecule has 3 aromatic rings. The summed E-state index contributed by atoms with van der Waals surface area (Å²) in [6.45, 7) is 4.57. The van der Waals surface area contributed by atoms with Crippen LogP contribution in [0.3, 0.4) is 0 Å². The first kappa shape index (κ1) is 17.7. The van der Waals surface area contributed by atoms with Crippen LogP contribution in [0.25, 0.3) is 10.9 Å². The highest BCUT2D eigenvalue weighted by molar-refractivity contribution is 6.03. The molecular formula is C21H22N2O3. The van der Waals surface area contributed by atoms with E-state index in [4.69, 9.17) is 9.47 Å². The first-order valence-electron chi connectivity index (χ1n) is 8.68. The molecule has 0 saturated heterocycles. The summed E-state index contributed by atoms with van der Waals surface area (Å²) in [5, 5.41) is 3.74. The van der Waals surface area contributed by atoms with Gasteiger partial charge in [-0.3, -0.25) is 9.78 Å². The lowest BCUT2D eigenvalue weighted by atomic mass is 10.1. The lowest BCUT2D eigenvalue weighted by Gasteiger charge is -2.13. The van der Waals surface area contributed by atoms with Gasteiger partial charge in [0, 0.05) is 11.6 Å². The largest absolute Gasteiger partial charge is 0.491 e.